The Bertz CT molecular complexity index is 495. The first-order valence-corrected chi connectivity index (χ1v) is 6.66. The Hall–Kier alpha value is -1.69. The van der Waals surface area contributed by atoms with E-state index in [2.05, 4.69) is 17.3 Å². The molecule has 1 unspecified atom stereocenters. The predicted octanol–water partition coefficient (Wildman–Crippen LogP) is 0.312. The molecule has 0 saturated carbocycles. The second-order valence-corrected chi connectivity index (χ2v) is 4.72. The fourth-order valence-electron chi connectivity index (χ4n) is 2.25. The fraction of sp³-hybridized carbons (Fsp3) is 0.615. The van der Waals surface area contributed by atoms with E-state index in [0.717, 1.165) is 24.4 Å². The summed E-state index contributed by atoms with van der Waals surface area (Å²) in [5, 5.41) is 7.60. The number of nitrogens with zero attached hydrogens (tertiary/aromatic N) is 3. The first-order chi connectivity index (χ1) is 9.06. The van der Waals surface area contributed by atoms with Crippen molar-refractivity contribution >= 4 is 11.8 Å². The molecule has 2 rings (SSSR count). The van der Waals surface area contributed by atoms with Gasteiger partial charge in [-0.3, -0.25) is 24.5 Å². The summed E-state index contributed by atoms with van der Waals surface area (Å²) in [6.07, 6.45) is 1.14. The number of carbonyl (C=O) groups excluding carboxylic acids is 2. The third-order valence-electron chi connectivity index (χ3n) is 3.49. The first kappa shape index (κ1) is 13.7. The second-order valence-electron chi connectivity index (χ2n) is 4.72. The van der Waals surface area contributed by atoms with Crippen LogP contribution >= 0.6 is 0 Å². The van der Waals surface area contributed by atoms with E-state index < -0.39 is 6.04 Å². The van der Waals surface area contributed by atoms with E-state index in [-0.39, 0.29) is 18.2 Å². The molecule has 0 aliphatic carbocycles. The summed E-state index contributed by atoms with van der Waals surface area (Å²) < 4.78 is 1.93. The standard InChI is InChI=1S/C13H20N4O2/c1-4-9-6-10(17(5-2)15-9)8-14-11-7-12(18)16(3)13(11)19/h6,11,14H,4-5,7-8H2,1-3H3. The lowest BCUT2D eigenvalue weighted by atomic mass is 10.2. The molecule has 1 fully saturated rings. The largest absolute Gasteiger partial charge is 0.300 e. The molecular weight excluding hydrogens is 244 g/mol. The monoisotopic (exact) mass is 264 g/mol. The normalized spacial score (nSPS) is 19.5. The molecule has 1 aromatic heterocycles. The number of hydrogen-bond acceptors (Lipinski definition) is 4. The number of nitrogens with one attached hydrogen (secondary N) is 1. The molecule has 1 aliphatic heterocycles. The van der Waals surface area contributed by atoms with Gasteiger partial charge in [0, 0.05) is 20.1 Å². The van der Waals surface area contributed by atoms with Gasteiger partial charge in [0.2, 0.25) is 11.8 Å². The minimum atomic E-state index is -0.400. The van der Waals surface area contributed by atoms with Gasteiger partial charge in [-0.2, -0.15) is 5.10 Å². The molecule has 6 nitrogen and oxygen atoms in total. The molecule has 2 heterocycles. The SMILES string of the molecule is CCc1cc(CNC2CC(=O)N(C)C2=O)n(CC)n1. The van der Waals surface area contributed by atoms with Crippen LogP contribution in [0.5, 0.6) is 0 Å². The maximum Gasteiger partial charge on any atom is 0.246 e. The summed E-state index contributed by atoms with van der Waals surface area (Å²) in [5.74, 6) is -0.274. The summed E-state index contributed by atoms with van der Waals surface area (Å²) in [5.41, 5.74) is 2.10. The Balaban J connectivity index is 2.01. The molecule has 1 aromatic rings. The Kier molecular flexibility index (Phi) is 3.99. The third kappa shape index (κ3) is 2.68. The van der Waals surface area contributed by atoms with E-state index in [4.69, 9.17) is 0 Å². The van der Waals surface area contributed by atoms with Crippen molar-refractivity contribution in [3.8, 4) is 0 Å². The molecule has 1 atom stereocenters. The molecular formula is C13H20N4O2. The van der Waals surface area contributed by atoms with Crippen LogP contribution in [0.3, 0.4) is 0 Å². The van der Waals surface area contributed by atoms with Crippen LogP contribution in [0.15, 0.2) is 6.07 Å². The summed E-state index contributed by atoms with van der Waals surface area (Å²) in [4.78, 5) is 24.4. The van der Waals surface area contributed by atoms with Gasteiger partial charge in [0.1, 0.15) is 0 Å². The van der Waals surface area contributed by atoms with Gasteiger partial charge in [-0.05, 0) is 19.4 Å². The maximum absolute atomic E-state index is 11.8. The zero-order valence-corrected chi connectivity index (χ0v) is 11.6. The van der Waals surface area contributed by atoms with Crippen molar-refractivity contribution in [1.82, 2.24) is 20.0 Å². The van der Waals surface area contributed by atoms with Gasteiger partial charge in [-0.15, -0.1) is 0 Å². The van der Waals surface area contributed by atoms with E-state index in [1.54, 1.807) is 0 Å². The molecule has 0 bridgehead atoms. The van der Waals surface area contributed by atoms with Crippen LogP contribution in [0.2, 0.25) is 0 Å². The number of carbonyl (C=O) groups is 2. The highest BCUT2D eigenvalue weighted by molar-refractivity contribution is 6.05. The highest BCUT2D eigenvalue weighted by Gasteiger charge is 2.35. The van der Waals surface area contributed by atoms with E-state index in [1.165, 1.54) is 11.9 Å². The van der Waals surface area contributed by atoms with Crippen LogP contribution in [0.4, 0.5) is 0 Å². The van der Waals surface area contributed by atoms with Crippen molar-refractivity contribution in [3.05, 3.63) is 17.5 Å². The molecule has 6 heteroatoms. The maximum atomic E-state index is 11.8. The van der Waals surface area contributed by atoms with Gasteiger partial charge in [-0.1, -0.05) is 6.92 Å². The molecule has 1 N–H and O–H groups in total. The number of hydrogen-bond donors (Lipinski definition) is 1. The summed E-state index contributed by atoms with van der Waals surface area (Å²) in [6, 6.07) is 1.64. The van der Waals surface area contributed by atoms with E-state index in [1.807, 2.05) is 17.7 Å². The van der Waals surface area contributed by atoms with E-state index in [9.17, 15) is 9.59 Å². The van der Waals surface area contributed by atoms with Crippen molar-refractivity contribution < 1.29 is 9.59 Å². The number of rotatable bonds is 5. The lowest BCUT2D eigenvalue weighted by molar-refractivity contribution is -0.137. The van der Waals surface area contributed by atoms with Gasteiger partial charge < -0.3 is 0 Å². The zero-order valence-electron chi connectivity index (χ0n) is 11.6. The zero-order chi connectivity index (χ0) is 14.0. The van der Waals surface area contributed by atoms with Crippen molar-refractivity contribution in [2.24, 2.45) is 0 Å². The number of imide groups is 1. The van der Waals surface area contributed by atoms with Crippen LogP contribution in [0.1, 0.15) is 31.7 Å². The molecule has 1 saturated heterocycles. The van der Waals surface area contributed by atoms with Crippen molar-refractivity contribution in [3.63, 3.8) is 0 Å². The minimum Gasteiger partial charge on any atom is -0.300 e. The lowest BCUT2D eigenvalue weighted by Crippen LogP contribution is -2.37. The number of likely N-dealkylation sites (N-methyl/N-ethyl adjacent to an activating group) is 1. The van der Waals surface area contributed by atoms with Crippen LogP contribution in [-0.2, 0) is 29.1 Å². The Labute approximate surface area is 112 Å². The molecule has 0 spiro atoms. The topological polar surface area (TPSA) is 67.2 Å². The van der Waals surface area contributed by atoms with Crippen LogP contribution in [0, 0.1) is 0 Å². The van der Waals surface area contributed by atoms with Crippen molar-refractivity contribution in [2.75, 3.05) is 7.05 Å². The summed E-state index contributed by atoms with van der Waals surface area (Å²) >= 11 is 0. The van der Waals surface area contributed by atoms with Gasteiger partial charge in [0.25, 0.3) is 0 Å². The van der Waals surface area contributed by atoms with Crippen LogP contribution in [0.25, 0.3) is 0 Å². The summed E-state index contributed by atoms with van der Waals surface area (Å²) in [6.45, 7) is 5.45. The molecule has 1 aliphatic rings. The van der Waals surface area contributed by atoms with Crippen molar-refractivity contribution in [2.45, 2.75) is 45.8 Å². The van der Waals surface area contributed by atoms with Crippen LogP contribution in [-0.4, -0.2) is 39.6 Å². The van der Waals surface area contributed by atoms with E-state index in [0.29, 0.717) is 6.54 Å². The minimum absolute atomic E-state index is 0.124. The first-order valence-electron chi connectivity index (χ1n) is 6.66. The molecule has 104 valence electrons. The quantitative estimate of drug-likeness (QED) is 0.777. The second kappa shape index (κ2) is 5.52. The Morgan fingerprint density at radius 1 is 1.42 bits per heavy atom. The third-order valence-corrected chi connectivity index (χ3v) is 3.49. The fourth-order valence-corrected chi connectivity index (χ4v) is 2.25. The number of aromatic nitrogens is 2. The predicted molar refractivity (Wildman–Crippen MR) is 70.3 cm³/mol. The lowest BCUT2D eigenvalue weighted by Gasteiger charge is -2.11. The Morgan fingerprint density at radius 2 is 2.16 bits per heavy atom. The van der Waals surface area contributed by atoms with Crippen molar-refractivity contribution in [1.29, 1.82) is 0 Å². The Morgan fingerprint density at radius 3 is 2.68 bits per heavy atom. The number of amides is 2. The molecule has 19 heavy (non-hydrogen) atoms. The highest BCUT2D eigenvalue weighted by atomic mass is 16.2. The summed E-state index contributed by atoms with van der Waals surface area (Å²) in [7, 11) is 1.53. The highest BCUT2D eigenvalue weighted by Crippen LogP contribution is 2.12. The number of likely N-dealkylation sites (tertiary alicyclic amines) is 1. The van der Waals surface area contributed by atoms with E-state index >= 15 is 0 Å². The van der Waals surface area contributed by atoms with Gasteiger partial charge in [0.05, 0.1) is 23.9 Å². The van der Waals surface area contributed by atoms with Crippen LogP contribution < -0.4 is 5.32 Å². The smallest absolute Gasteiger partial charge is 0.246 e. The average Bonchev–Trinajstić information content (AvgIpc) is 2.93. The molecule has 2 amide bonds. The molecule has 0 aromatic carbocycles. The van der Waals surface area contributed by atoms with Gasteiger partial charge >= 0.3 is 0 Å². The number of aryl methyl sites for hydroxylation is 2. The average molecular weight is 264 g/mol. The van der Waals surface area contributed by atoms with Gasteiger partial charge in [0.15, 0.2) is 0 Å². The molecule has 0 radical (unpaired) electrons. The van der Waals surface area contributed by atoms with Gasteiger partial charge in [-0.25, -0.2) is 0 Å².